The van der Waals surface area contributed by atoms with E-state index >= 15 is 0 Å². The van der Waals surface area contributed by atoms with Crippen molar-refractivity contribution in [2.24, 2.45) is 0 Å². The third-order valence-electron chi connectivity index (χ3n) is 2.22. The number of nitrogens with one attached hydrogen (secondary N) is 1. The molecular formula is C10H4Cl2IN3S. The van der Waals surface area contributed by atoms with Crippen LogP contribution in [0.4, 0.5) is 0 Å². The fourth-order valence-corrected chi connectivity index (χ4v) is 3.08. The van der Waals surface area contributed by atoms with Gasteiger partial charge >= 0.3 is 0 Å². The number of thiophene rings is 1. The van der Waals surface area contributed by atoms with Gasteiger partial charge in [0.15, 0.2) is 5.65 Å². The van der Waals surface area contributed by atoms with E-state index in [2.05, 4.69) is 43.6 Å². The Morgan fingerprint density at radius 3 is 2.76 bits per heavy atom. The Hall–Kier alpha value is -0.370. The van der Waals surface area contributed by atoms with Crippen LogP contribution in [0.15, 0.2) is 17.5 Å². The molecule has 0 spiro atoms. The number of pyridine rings is 1. The summed E-state index contributed by atoms with van der Waals surface area (Å²) < 4.78 is 1.21. The Balaban J connectivity index is 2.19. The summed E-state index contributed by atoms with van der Waals surface area (Å²) in [7, 11) is 0. The van der Waals surface area contributed by atoms with E-state index in [-0.39, 0.29) is 5.15 Å². The fraction of sp³-hybridized carbons (Fsp3) is 0. The molecule has 3 nitrogen and oxygen atoms in total. The highest BCUT2D eigenvalue weighted by Gasteiger charge is 2.10. The van der Waals surface area contributed by atoms with Crippen LogP contribution in [0.3, 0.4) is 0 Å². The standard InChI is InChI=1S/C10H4Cl2IN3S/c11-5-2-6-10(15-8(5)12)16-9(14-6)4-1-7(13)17-3-4/h1-3H,(H,14,15,16). The normalized spacial score (nSPS) is 11.2. The maximum Gasteiger partial charge on any atom is 0.179 e. The second-order valence-electron chi connectivity index (χ2n) is 3.36. The van der Waals surface area contributed by atoms with Gasteiger partial charge in [-0.05, 0) is 34.7 Å². The molecular weight excluding hydrogens is 392 g/mol. The number of nitrogens with zero attached hydrogens (tertiary/aromatic N) is 2. The Morgan fingerprint density at radius 1 is 1.24 bits per heavy atom. The van der Waals surface area contributed by atoms with Crippen LogP contribution in [-0.4, -0.2) is 15.0 Å². The predicted molar refractivity (Wildman–Crippen MR) is 79.9 cm³/mol. The van der Waals surface area contributed by atoms with E-state index in [1.165, 1.54) is 2.88 Å². The van der Waals surface area contributed by atoms with Gasteiger partial charge in [-0.1, -0.05) is 23.2 Å². The first-order valence-corrected chi connectivity index (χ1v) is 7.31. The Labute approximate surface area is 124 Å². The molecule has 0 aliphatic heterocycles. The molecule has 3 heterocycles. The van der Waals surface area contributed by atoms with Crippen LogP contribution >= 0.6 is 57.1 Å². The van der Waals surface area contributed by atoms with E-state index in [9.17, 15) is 0 Å². The fourth-order valence-electron chi connectivity index (χ4n) is 1.47. The molecule has 86 valence electrons. The third-order valence-corrected chi connectivity index (χ3v) is 4.69. The second kappa shape index (κ2) is 4.38. The molecule has 0 fully saturated rings. The summed E-state index contributed by atoms with van der Waals surface area (Å²) in [5.41, 5.74) is 2.41. The monoisotopic (exact) mass is 395 g/mol. The average Bonchev–Trinajstić information content (AvgIpc) is 2.85. The van der Waals surface area contributed by atoms with Crippen molar-refractivity contribution in [1.82, 2.24) is 15.0 Å². The summed E-state index contributed by atoms with van der Waals surface area (Å²) >= 11 is 15.7. The lowest BCUT2D eigenvalue weighted by Gasteiger charge is -1.92. The van der Waals surface area contributed by atoms with Gasteiger partial charge in [0.2, 0.25) is 0 Å². The third kappa shape index (κ3) is 2.16. The first-order valence-electron chi connectivity index (χ1n) is 4.59. The largest absolute Gasteiger partial charge is 0.337 e. The minimum atomic E-state index is 0.275. The van der Waals surface area contributed by atoms with Gasteiger partial charge < -0.3 is 4.98 Å². The molecule has 3 aromatic heterocycles. The zero-order chi connectivity index (χ0) is 12.0. The van der Waals surface area contributed by atoms with Crippen molar-refractivity contribution in [3.05, 3.63) is 30.6 Å². The van der Waals surface area contributed by atoms with Gasteiger partial charge in [-0.3, -0.25) is 0 Å². The molecule has 3 rings (SSSR count). The number of rotatable bonds is 1. The number of halogens is 3. The maximum absolute atomic E-state index is 5.91. The quantitative estimate of drug-likeness (QED) is 0.483. The topological polar surface area (TPSA) is 41.6 Å². The number of aromatic nitrogens is 3. The number of H-pyrrole nitrogens is 1. The van der Waals surface area contributed by atoms with E-state index in [0.29, 0.717) is 10.7 Å². The van der Waals surface area contributed by atoms with Gasteiger partial charge in [0.25, 0.3) is 0 Å². The first-order chi connectivity index (χ1) is 8.13. The number of hydrogen-bond acceptors (Lipinski definition) is 3. The van der Waals surface area contributed by atoms with E-state index in [0.717, 1.165) is 16.9 Å². The van der Waals surface area contributed by atoms with Crippen molar-refractivity contribution in [1.29, 1.82) is 0 Å². The Morgan fingerprint density at radius 2 is 2.06 bits per heavy atom. The SMILES string of the molecule is Clc1cc2[nH]c(-c3csc(I)c3)nc2nc1Cl. The summed E-state index contributed by atoms with van der Waals surface area (Å²) in [6, 6.07) is 3.80. The Kier molecular flexibility index (Phi) is 3.02. The van der Waals surface area contributed by atoms with Crippen LogP contribution in [0.5, 0.6) is 0 Å². The molecule has 0 unspecified atom stereocenters. The van der Waals surface area contributed by atoms with Crippen LogP contribution in [0.1, 0.15) is 0 Å². The van der Waals surface area contributed by atoms with Crippen molar-refractivity contribution < 1.29 is 0 Å². The first kappa shape index (κ1) is 11.7. The number of imidazole rings is 1. The molecule has 0 saturated heterocycles. The summed E-state index contributed by atoms with van der Waals surface area (Å²) in [5.74, 6) is 0.782. The van der Waals surface area contributed by atoms with E-state index in [4.69, 9.17) is 23.2 Å². The zero-order valence-electron chi connectivity index (χ0n) is 8.17. The van der Waals surface area contributed by atoms with E-state index in [1.54, 1.807) is 17.4 Å². The second-order valence-corrected chi connectivity index (χ2v) is 6.93. The van der Waals surface area contributed by atoms with E-state index in [1.807, 2.05) is 5.38 Å². The molecule has 0 atom stereocenters. The molecule has 0 aliphatic rings. The van der Waals surface area contributed by atoms with Gasteiger partial charge in [-0.2, -0.15) is 0 Å². The van der Waals surface area contributed by atoms with Crippen molar-refractivity contribution in [2.45, 2.75) is 0 Å². The number of aromatic amines is 1. The molecule has 0 bridgehead atoms. The summed E-state index contributed by atoms with van der Waals surface area (Å²) in [4.78, 5) is 11.7. The van der Waals surface area contributed by atoms with Crippen LogP contribution in [0.25, 0.3) is 22.6 Å². The highest BCUT2D eigenvalue weighted by atomic mass is 127. The molecule has 1 N–H and O–H groups in total. The molecule has 0 aromatic carbocycles. The Bertz CT molecular complexity index is 668. The number of hydrogen-bond donors (Lipinski definition) is 1. The summed E-state index contributed by atoms with van der Waals surface area (Å²) in [6.45, 7) is 0. The highest BCUT2D eigenvalue weighted by molar-refractivity contribution is 14.1. The van der Waals surface area contributed by atoms with E-state index < -0.39 is 0 Å². The predicted octanol–water partition coefficient (Wildman–Crippen LogP) is 4.60. The minimum absolute atomic E-state index is 0.275. The molecule has 0 saturated carbocycles. The minimum Gasteiger partial charge on any atom is -0.337 e. The van der Waals surface area contributed by atoms with Crippen molar-refractivity contribution in [3.63, 3.8) is 0 Å². The maximum atomic E-state index is 5.91. The smallest absolute Gasteiger partial charge is 0.179 e. The lowest BCUT2D eigenvalue weighted by Crippen LogP contribution is -1.79. The molecule has 7 heteroatoms. The summed E-state index contributed by atoms with van der Waals surface area (Å²) in [5, 5.41) is 2.74. The van der Waals surface area contributed by atoms with Crippen LogP contribution in [0, 0.1) is 2.88 Å². The van der Waals surface area contributed by atoms with Crippen molar-refractivity contribution in [3.8, 4) is 11.4 Å². The van der Waals surface area contributed by atoms with Gasteiger partial charge in [0, 0.05) is 10.9 Å². The molecule has 3 aromatic rings. The summed E-state index contributed by atoms with van der Waals surface area (Å²) in [6.07, 6.45) is 0. The molecule has 17 heavy (non-hydrogen) atoms. The van der Waals surface area contributed by atoms with Gasteiger partial charge in [-0.25, -0.2) is 9.97 Å². The molecule has 0 aliphatic carbocycles. The zero-order valence-corrected chi connectivity index (χ0v) is 12.7. The average molecular weight is 396 g/mol. The highest BCUT2D eigenvalue weighted by Crippen LogP contribution is 2.28. The molecule has 0 amide bonds. The lowest BCUT2D eigenvalue weighted by molar-refractivity contribution is 1.31. The van der Waals surface area contributed by atoms with Crippen LogP contribution in [0.2, 0.25) is 10.2 Å². The van der Waals surface area contributed by atoms with Crippen molar-refractivity contribution in [2.75, 3.05) is 0 Å². The van der Waals surface area contributed by atoms with Crippen LogP contribution in [-0.2, 0) is 0 Å². The van der Waals surface area contributed by atoms with Gasteiger partial charge in [0.1, 0.15) is 11.0 Å². The number of fused-ring (bicyclic) bond motifs is 1. The van der Waals surface area contributed by atoms with Crippen LogP contribution < -0.4 is 0 Å². The lowest BCUT2D eigenvalue weighted by atomic mass is 10.3. The molecule has 0 radical (unpaired) electrons. The van der Waals surface area contributed by atoms with Crippen molar-refractivity contribution >= 4 is 68.3 Å². The van der Waals surface area contributed by atoms with Gasteiger partial charge in [-0.15, -0.1) is 11.3 Å². The van der Waals surface area contributed by atoms with Gasteiger partial charge in [0.05, 0.1) is 13.4 Å².